The van der Waals surface area contributed by atoms with Crippen molar-refractivity contribution in [1.82, 2.24) is 5.32 Å². The molecule has 1 saturated heterocycles. The van der Waals surface area contributed by atoms with Crippen LogP contribution in [0.3, 0.4) is 0 Å². The molecule has 2 amide bonds. The number of hydrogen-bond donors (Lipinski definition) is 2. The highest BCUT2D eigenvalue weighted by Gasteiger charge is 2.30. The Kier molecular flexibility index (Phi) is 4.92. The van der Waals surface area contributed by atoms with Gasteiger partial charge in [0.2, 0.25) is 0 Å². The zero-order valence-electron chi connectivity index (χ0n) is 11.8. The van der Waals surface area contributed by atoms with E-state index in [0.717, 1.165) is 0 Å². The van der Waals surface area contributed by atoms with Gasteiger partial charge in [0.05, 0.1) is 24.3 Å². The lowest BCUT2D eigenvalue weighted by Gasteiger charge is -2.12. The second kappa shape index (κ2) is 6.53. The maximum absolute atomic E-state index is 11.9. The minimum absolute atomic E-state index is 0.0156. The van der Waals surface area contributed by atoms with Gasteiger partial charge in [0.15, 0.2) is 9.84 Å². The number of benzene rings is 1. The smallest absolute Gasteiger partial charge is 0.313 e. The van der Waals surface area contributed by atoms with Crippen LogP contribution in [0.1, 0.15) is 6.42 Å². The summed E-state index contributed by atoms with van der Waals surface area (Å²) in [4.78, 5) is 23.7. The van der Waals surface area contributed by atoms with E-state index in [9.17, 15) is 18.0 Å². The Morgan fingerprint density at radius 3 is 2.64 bits per heavy atom. The summed E-state index contributed by atoms with van der Waals surface area (Å²) in [6.07, 6.45) is 0.307. The van der Waals surface area contributed by atoms with Gasteiger partial charge in [-0.3, -0.25) is 9.59 Å². The summed E-state index contributed by atoms with van der Waals surface area (Å²) in [6.45, 7) is 0. The Bertz CT molecular complexity index is 704. The number of nitrogens with one attached hydrogen (secondary N) is 2. The van der Waals surface area contributed by atoms with Gasteiger partial charge in [-0.2, -0.15) is 0 Å². The van der Waals surface area contributed by atoms with Crippen LogP contribution in [-0.2, 0) is 19.4 Å². The average Bonchev–Trinajstić information content (AvgIpc) is 2.78. The van der Waals surface area contributed by atoms with Gasteiger partial charge < -0.3 is 15.4 Å². The number of sulfone groups is 1. The van der Waals surface area contributed by atoms with Crippen molar-refractivity contribution >= 4 is 38.9 Å². The second-order valence-electron chi connectivity index (χ2n) is 4.87. The second-order valence-corrected chi connectivity index (χ2v) is 7.54. The molecule has 0 radical (unpaired) electrons. The highest BCUT2D eigenvalue weighted by molar-refractivity contribution is 7.91. The van der Waals surface area contributed by atoms with E-state index in [-0.39, 0.29) is 17.2 Å². The molecule has 1 aliphatic rings. The van der Waals surface area contributed by atoms with E-state index in [2.05, 4.69) is 10.6 Å². The fourth-order valence-electron chi connectivity index (χ4n) is 2.12. The minimum Gasteiger partial charge on any atom is -0.495 e. The SMILES string of the molecule is COc1ccc(Cl)cc1NC(=O)C(=O)NC1CCS(=O)(=O)C1. The normalized spacial score (nSPS) is 19.5. The van der Waals surface area contributed by atoms with E-state index in [1.54, 1.807) is 12.1 Å². The number of halogens is 1. The molecule has 1 aliphatic heterocycles. The number of rotatable bonds is 3. The fourth-order valence-corrected chi connectivity index (χ4v) is 3.96. The van der Waals surface area contributed by atoms with Gasteiger partial charge in [0.25, 0.3) is 0 Å². The molecule has 7 nitrogen and oxygen atoms in total. The van der Waals surface area contributed by atoms with Crippen molar-refractivity contribution < 1.29 is 22.7 Å². The Morgan fingerprint density at radius 2 is 2.05 bits per heavy atom. The molecule has 1 heterocycles. The topological polar surface area (TPSA) is 102 Å². The minimum atomic E-state index is -3.13. The Labute approximate surface area is 132 Å². The summed E-state index contributed by atoms with van der Waals surface area (Å²) < 4.78 is 27.7. The summed E-state index contributed by atoms with van der Waals surface area (Å²) in [5, 5.41) is 5.16. The van der Waals surface area contributed by atoms with E-state index in [0.29, 0.717) is 17.2 Å². The summed E-state index contributed by atoms with van der Waals surface area (Å²) in [6, 6.07) is 4.05. The Balaban J connectivity index is 2.00. The van der Waals surface area contributed by atoms with Gasteiger partial charge in [0, 0.05) is 11.1 Å². The van der Waals surface area contributed by atoms with Crippen molar-refractivity contribution in [3.05, 3.63) is 23.2 Å². The van der Waals surface area contributed by atoms with E-state index < -0.39 is 27.7 Å². The first-order valence-corrected chi connectivity index (χ1v) is 8.66. The number of anilines is 1. The first-order chi connectivity index (χ1) is 10.3. The van der Waals surface area contributed by atoms with Gasteiger partial charge in [-0.15, -0.1) is 0 Å². The highest BCUT2D eigenvalue weighted by atomic mass is 35.5. The summed E-state index contributed by atoms with van der Waals surface area (Å²) >= 11 is 5.83. The van der Waals surface area contributed by atoms with Gasteiger partial charge in [-0.05, 0) is 24.6 Å². The molecule has 1 atom stereocenters. The highest BCUT2D eigenvalue weighted by Crippen LogP contribution is 2.27. The predicted octanol–water partition coefficient (Wildman–Crippen LogP) is 0.590. The van der Waals surface area contributed by atoms with Crippen LogP contribution in [0.5, 0.6) is 5.75 Å². The predicted molar refractivity (Wildman–Crippen MR) is 81.8 cm³/mol. The van der Waals surface area contributed by atoms with E-state index in [1.807, 2.05) is 0 Å². The number of methoxy groups -OCH3 is 1. The van der Waals surface area contributed by atoms with Crippen molar-refractivity contribution in [2.24, 2.45) is 0 Å². The standard InChI is InChI=1S/C13H15ClN2O5S/c1-21-11-3-2-8(14)6-10(11)16-13(18)12(17)15-9-4-5-22(19,20)7-9/h2-3,6,9H,4-5,7H2,1H3,(H,15,17)(H,16,18). The molecular formula is C13H15ClN2O5S. The van der Waals surface area contributed by atoms with Crippen LogP contribution in [0.25, 0.3) is 0 Å². The molecule has 1 aromatic rings. The Hall–Kier alpha value is -1.80. The quantitative estimate of drug-likeness (QED) is 0.780. The van der Waals surface area contributed by atoms with Crippen molar-refractivity contribution in [2.45, 2.75) is 12.5 Å². The summed E-state index contributed by atoms with van der Waals surface area (Å²) in [7, 11) is -1.71. The molecule has 0 aromatic heterocycles. The zero-order valence-corrected chi connectivity index (χ0v) is 13.3. The number of carbonyl (C=O) groups is 2. The molecule has 2 N–H and O–H groups in total. The number of amides is 2. The summed E-state index contributed by atoms with van der Waals surface area (Å²) in [5.41, 5.74) is 0.259. The molecule has 0 spiro atoms. The molecule has 22 heavy (non-hydrogen) atoms. The van der Waals surface area contributed by atoms with Crippen LogP contribution in [0.4, 0.5) is 5.69 Å². The van der Waals surface area contributed by atoms with Crippen molar-refractivity contribution in [3.63, 3.8) is 0 Å². The fraction of sp³-hybridized carbons (Fsp3) is 0.385. The summed E-state index contributed by atoms with van der Waals surface area (Å²) in [5.74, 6) is -1.59. The third kappa shape index (κ3) is 4.11. The number of carbonyl (C=O) groups excluding carboxylic acids is 2. The van der Waals surface area contributed by atoms with Crippen LogP contribution >= 0.6 is 11.6 Å². The van der Waals surface area contributed by atoms with Crippen LogP contribution < -0.4 is 15.4 Å². The molecule has 0 aliphatic carbocycles. The molecule has 1 fully saturated rings. The number of hydrogen-bond acceptors (Lipinski definition) is 5. The van der Waals surface area contributed by atoms with Gasteiger partial charge in [-0.1, -0.05) is 11.6 Å². The van der Waals surface area contributed by atoms with Crippen LogP contribution in [-0.4, -0.2) is 44.9 Å². The van der Waals surface area contributed by atoms with Crippen molar-refractivity contribution in [1.29, 1.82) is 0 Å². The molecular weight excluding hydrogens is 332 g/mol. The lowest BCUT2D eigenvalue weighted by Crippen LogP contribution is -2.42. The largest absolute Gasteiger partial charge is 0.495 e. The van der Waals surface area contributed by atoms with Crippen LogP contribution in [0.2, 0.25) is 5.02 Å². The van der Waals surface area contributed by atoms with Crippen molar-refractivity contribution in [2.75, 3.05) is 23.9 Å². The van der Waals surface area contributed by atoms with E-state index >= 15 is 0 Å². The van der Waals surface area contributed by atoms with Gasteiger partial charge >= 0.3 is 11.8 Å². The zero-order chi connectivity index (χ0) is 16.3. The maximum atomic E-state index is 11.9. The average molecular weight is 347 g/mol. The molecule has 0 bridgehead atoms. The Morgan fingerprint density at radius 1 is 1.32 bits per heavy atom. The molecule has 0 saturated carbocycles. The molecule has 1 aromatic carbocycles. The molecule has 120 valence electrons. The first-order valence-electron chi connectivity index (χ1n) is 6.46. The van der Waals surface area contributed by atoms with Gasteiger partial charge in [0.1, 0.15) is 5.75 Å². The number of ether oxygens (including phenoxy) is 1. The van der Waals surface area contributed by atoms with Crippen molar-refractivity contribution in [3.8, 4) is 5.75 Å². The lowest BCUT2D eigenvalue weighted by molar-refractivity contribution is -0.136. The lowest BCUT2D eigenvalue weighted by atomic mass is 10.2. The molecule has 1 unspecified atom stereocenters. The van der Waals surface area contributed by atoms with Gasteiger partial charge in [-0.25, -0.2) is 8.42 Å². The van der Waals surface area contributed by atoms with E-state index in [1.165, 1.54) is 13.2 Å². The first kappa shape index (κ1) is 16.6. The van der Waals surface area contributed by atoms with Crippen LogP contribution in [0, 0.1) is 0 Å². The molecule has 9 heteroatoms. The maximum Gasteiger partial charge on any atom is 0.313 e. The molecule has 2 rings (SSSR count). The third-order valence-electron chi connectivity index (χ3n) is 3.18. The monoisotopic (exact) mass is 346 g/mol. The van der Waals surface area contributed by atoms with E-state index in [4.69, 9.17) is 16.3 Å². The third-order valence-corrected chi connectivity index (χ3v) is 5.19. The van der Waals surface area contributed by atoms with Crippen LogP contribution in [0.15, 0.2) is 18.2 Å².